The molecule has 0 atom stereocenters. The minimum Gasteiger partial charge on any atom is -0.492 e. The van der Waals surface area contributed by atoms with E-state index < -0.39 is 5.97 Å². The zero-order chi connectivity index (χ0) is 21.7. The van der Waals surface area contributed by atoms with Gasteiger partial charge in [-0.25, -0.2) is 4.79 Å². The molecule has 1 aliphatic heterocycles. The van der Waals surface area contributed by atoms with Gasteiger partial charge in [0.25, 0.3) is 5.56 Å². The van der Waals surface area contributed by atoms with E-state index >= 15 is 0 Å². The number of aromatic nitrogens is 3. The van der Waals surface area contributed by atoms with Crippen molar-refractivity contribution >= 4 is 5.97 Å². The summed E-state index contributed by atoms with van der Waals surface area (Å²) in [5, 5.41) is 4.16. The van der Waals surface area contributed by atoms with Gasteiger partial charge in [-0.2, -0.15) is 5.10 Å². The first-order chi connectivity index (χ1) is 14.4. The van der Waals surface area contributed by atoms with Gasteiger partial charge in [-0.1, -0.05) is 13.8 Å². The molecule has 8 nitrogen and oxygen atoms in total. The Morgan fingerprint density at radius 3 is 2.73 bits per heavy atom. The fourth-order valence-corrected chi connectivity index (χ4v) is 3.99. The van der Waals surface area contributed by atoms with Crippen LogP contribution in [0.4, 0.5) is 0 Å². The van der Waals surface area contributed by atoms with Crippen LogP contribution in [-0.2, 0) is 31.2 Å². The first-order valence-electron chi connectivity index (χ1n) is 10.6. The molecule has 8 heteroatoms. The van der Waals surface area contributed by atoms with E-state index in [0.29, 0.717) is 42.5 Å². The highest BCUT2D eigenvalue weighted by atomic mass is 16.5. The summed E-state index contributed by atoms with van der Waals surface area (Å²) in [6, 6.07) is 1.43. The number of methoxy groups -OCH3 is 1. The molecule has 0 aromatic carbocycles. The molecule has 2 aromatic rings. The van der Waals surface area contributed by atoms with E-state index in [0.717, 1.165) is 38.0 Å². The van der Waals surface area contributed by atoms with Crippen molar-refractivity contribution in [1.82, 2.24) is 19.2 Å². The molecule has 0 unspecified atom stereocenters. The van der Waals surface area contributed by atoms with Crippen molar-refractivity contribution in [1.29, 1.82) is 0 Å². The van der Waals surface area contributed by atoms with Gasteiger partial charge >= 0.3 is 5.97 Å². The third-order valence-corrected chi connectivity index (χ3v) is 5.32. The number of fused-ring (bicyclic) bond motifs is 1. The average molecular weight is 417 g/mol. The predicted octanol–water partition coefficient (Wildman–Crippen LogP) is 1.89. The topological polar surface area (TPSA) is 78.6 Å². The van der Waals surface area contributed by atoms with Crippen molar-refractivity contribution in [3.8, 4) is 5.75 Å². The summed E-state index contributed by atoms with van der Waals surface area (Å²) in [5.74, 6) is 0.404. The number of nitrogens with zero attached hydrogens (tertiary/aromatic N) is 4. The van der Waals surface area contributed by atoms with E-state index in [2.05, 4.69) is 23.8 Å². The molecule has 0 aliphatic carbocycles. The lowest BCUT2D eigenvalue weighted by Gasteiger charge is -2.21. The van der Waals surface area contributed by atoms with Crippen molar-refractivity contribution in [3.05, 3.63) is 45.6 Å². The maximum atomic E-state index is 12.8. The van der Waals surface area contributed by atoms with Crippen LogP contribution in [0.5, 0.6) is 5.75 Å². The number of carbonyl (C=O) groups is 1. The molecule has 0 amide bonds. The number of aryl methyl sites for hydroxylation is 2. The van der Waals surface area contributed by atoms with Crippen molar-refractivity contribution in [2.24, 2.45) is 13.0 Å². The zero-order valence-corrected chi connectivity index (χ0v) is 18.4. The summed E-state index contributed by atoms with van der Waals surface area (Å²) in [6.45, 7) is 7.88. The Morgan fingerprint density at radius 2 is 2.07 bits per heavy atom. The Morgan fingerprint density at radius 1 is 1.27 bits per heavy atom. The SMILES string of the molecule is COC(=O)c1c(OCCCc2cnn(C)c2)cc(=O)n2c1CCN(CC(C)C)CC2. The Balaban J connectivity index is 1.78. The Bertz CT molecular complexity index is 932. The fraction of sp³-hybridized carbons (Fsp3) is 0.591. The Labute approximate surface area is 177 Å². The summed E-state index contributed by atoms with van der Waals surface area (Å²) in [7, 11) is 3.24. The lowest BCUT2D eigenvalue weighted by Crippen LogP contribution is -2.31. The van der Waals surface area contributed by atoms with Gasteiger partial charge in [0.05, 0.1) is 19.9 Å². The lowest BCUT2D eigenvalue weighted by molar-refractivity contribution is 0.0593. The normalized spacial score (nSPS) is 14.4. The van der Waals surface area contributed by atoms with E-state index in [1.165, 1.54) is 13.2 Å². The standard InChI is InChI=1S/C22H32N4O4/c1-16(2)14-25-8-7-18-21(22(28)29-4)19(12-20(27)26(18)10-9-25)30-11-5-6-17-13-23-24(3)15-17/h12-13,15-16H,5-11,14H2,1-4H3. The van der Waals surface area contributed by atoms with Crippen LogP contribution in [0.15, 0.2) is 23.3 Å². The fourth-order valence-electron chi connectivity index (χ4n) is 3.99. The second kappa shape index (κ2) is 9.93. The molecule has 0 bridgehead atoms. The highest BCUT2D eigenvalue weighted by Gasteiger charge is 2.26. The number of rotatable bonds is 8. The quantitative estimate of drug-likeness (QED) is 0.483. The van der Waals surface area contributed by atoms with Crippen LogP contribution < -0.4 is 10.3 Å². The Kier molecular flexibility index (Phi) is 7.31. The number of ether oxygens (including phenoxy) is 2. The van der Waals surface area contributed by atoms with Crippen LogP contribution >= 0.6 is 0 Å². The van der Waals surface area contributed by atoms with Gasteiger partial charge in [0.15, 0.2) is 0 Å². The van der Waals surface area contributed by atoms with Crippen LogP contribution in [-0.4, -0.2) is 58.6 Å². The molecule has 1 aliphatic rings. The van der Waals surface area contributed by atoms with Crippen LogP contribution in [0.1, 0.15) is 41.9 Å². The molecular weight excluding hydrogens is 384 g/mol. The van der Waals surface area contributed by atoms with Gasteiger partial charge < -0.3 is 18.9 Å². The van der Waals surface area contributed by atoms with Crippen molar-refractivity contribution in [3.63, 3.8) is 0 Å². The second-order valence-electron chi connectivity index (χ2n) is 8.23. The summed E-state index contributed by atoms with van der Waals surface area (Å²) in [5.41, 5.74) is 2.08. The number of esters is 1. The van der Waals surface area contributed by atoms with Crippen molar-refractivity contribution < 1.29 is 14.3 Å². The van der Waals surface area contributed by atoms with Crippen LogP contribution in [0, 0.1) is 5.92 Å². The summed E-state index contributed by atoms with van der Waals surface area (Å²) < 4.78 is 14.4. The molecule has 0 N–H and O–H groups in total. The molecule has 0 spiro atoms. The molecule has 0 fully saturated rings. The van der Waals surface area contributed by atoms with Gasteiger partial charge in [0, 0.05) is 57.6 Å². The molecule has 0 radical (unpaired) electrons. The minimum absolute atomic E-state index is 0.133. The van der Waals surface area contributed by atoms with Gasteiger partial charge in [-0.15, -0.1) is 0 Å². The van der Waals surface area contributed by atoms with Gasteiger partial charge in [-0.3, -0.25) is 9.48 Å². The van der Waals surface area contributed by atoms with Gasteiger partial charge in [0.1, 0.15) is 11.3 Å². The maximum absolute atomic E-state index is 12.8. The third-order valence-electron chi connectivity index (χ3n) is 5.32. The third kappa shape index (κ3) is 5.30. The number of hydrogen-bond acceptors (Lipinski definition) is 6. The minimum atomic E-state index is -0.460. The monoisotopic (exact) mass is 416 g/mol. The highest BCUT2D eigenvalue weighted by molar-refractivity contribution is 5.93. The average Bonchev–Trinajstić information content (AvgIpc) is 3.00. The van der Waals surface area contributed by atoms with Gasteiger partial charge in [0.2, 0.25) is 0 Å². The van der Waals surface area contributed by atoms with Crippen molar-refractivity contribution in [2.75, 3.05) is 33.4 Å². The number of pyridine rings is 1. The van der Waals surface area contributed by atoms with Crippen molar-refractivity contribution in [2.45, 2.75) is 39.7 Å². The highest BCUT2D eigenvalue weighted by Crippen LogP contribution is 2.24. The smallest absolute Gasteiger partial charge is 0.343 e. The van der Waals surface area contributed by atoms with E-state index in [9.17, 15) is 9.59 Å². The number of hydrogen-bond donors (Lipinski definition) is 0. The molecule has 30 heavy (non-hydrogen) atoms. The first kappa shape index (κ1) is 22.1. The van der Waals surface area contributed by atoms with Gasteiger partial charge in [-0.05, 0) is 24.3 Å². The summed E-state index contributed by atoms with van der Waals surface area (Å²) in [4.78, 5) is 27.7. The molecule has 0 saturated heterocycles. The molecule has 164 valence electrons. The predicted molar refractivity (Wildman–Crippen MR) is 114 cm³/mol. The second-order valence-corrected chi connectivity index (χ2v) is 8.23. The molecule has 3 heterocycles. The van der Waals surface area contributed by atoms with E-state index in [1.807, 2.05) is 19.4 Å². The Hall–Kier alpha value is -2.61. The summed E-state index contributed by atoms with van der Waals surface area (Å²) >= 11 is 0. The molecular formula is C22H32N4O4. The zero-order valence-electron chi connectivity index (χ0n) is 18.4. The van der Waals surface area contributed by atoms with Crippen LogP contribution in [0.2, 0.25) is 0 Å². The van der Waals surface area contributed by atoms with Crippen LogP contribution in [0.25, 0.3) is 0 Å². The molecule has 2 aromatic heterocycles. The molecule has 0 saturated carbocycles. The maximum Gasteiger partial charge on any atom is 0.343 e. The molecule has 3 rings (SSSR count). The largest absolute Gasteiger partial charge is 0.492 e. The van der Waals surface area contributed by atoms with E-state index in [4.69, 9.17) is 9.47 Å². The number of carbonyl (C=O) groups excluding carboxylic acids is 1. The first-order valence-corrected chi connectivity index (χ1v) is 10.6. The van der Waals surface area contributed by atoms with E-state index in [1.54, 1.807) is 9.25 Å². The van der Waals surface area contributed by atoms with E-state index in [-0.39, 0.29) is 5.56 Å². The lowest BCUT2D eigenvalue weighted by atomic mass is 10.1. The summed E-state index contributed by atoms with van der Waals surface area (Å²) in [6.07, 6.45) is 5.98. The van der Waals surface area contributed by atoms with Crippen LogP contribution in [0.3, 0.4) is 0 Å².